The molecule has 0 spiro atoms. The van der Waals surface area contributed by atoms with E-state index in [1.165, 1.54) is 9.13 Å². The second-order valence-electron chi connectivity index (χ2n) is 7.85. The smallest absolute Gasteiger partial charge is 0.332 e. The van der Waals surface area contributed by atoms with Crippen molar-refractivity contribution in [2.45, 2.75) is 39.9 Å². The zero-order valence-corrected chi connectivity index (χ0v) is 19.8. The molecule has 4 aromatic rings. The van der Waals surface area contributed by atoms with E-state index in [1.54, 1.807) is 16.7 Å². The van der Waals surface area contributed by atoms with Gasteiger partial charge in [-0.3, -0.25) is 18.5 Å². The van der Waals surface area contributed by atoms with Crippen LogP contribution in [-0.2, 0) is 24.5 Å². The van der Waals surface area contributed by atoms with Crippen LogP contribution < -0.4 is 21.9 Å². The molecule has 0 bridgehead atoms. The fourth-order valence-electron chi connectivity index (χ4n) is 3.83. The van der Waals surface area contributed by atoms with Crippen molar-refractivity contribution in [1.29, 1.82) is 0 Å². The van der Waals surface area contributed by atoms with Crippen molar-refractivity contribution >= 4 is 22.8 Å². The van der Waals surface area contributed by atoms with Crippen LogP contribution in [-0.4, -0.2) is 25.3 Å². The van der Waals surface area contributed by atoms with Gasteiger partial charge in [0.1, 0.15) is 5.75 Å². The molecule has 0 aliphatic heterocycles. The highest BCUT2D eigenvalue weighted by atomic mass is 35.5. The summed E-state index contributed by atoms with van der Waals surface area (Å²) in [6.07, 6.45) is 0.415. The Labute approximate surface area is 200 Å². The van der Waals surface area contributed by atoms with Gasteiger partial charge in [0, 0.05) is 18.1 Å². The number of hydrogen-bond acceptors (Lipinski definition) is 6. The summed E-state index contributed by atoms with van der Waals surface area (Å²) in [6, 6.07) is 15.1. The lowest BCUT2D eigenvalue weighted by Gasteiger charge is -2.13. The van der Waals surface area contributed by atoms with Crippen LogP contribution in [0.1, 0.15) is 24.5 Å². The predicted octanol–water partition coefficient (Wildman–Crippen LogP) is 3.46. The maximum atomic E-state index is 13.5. The lowest BCUT2D eigenvalue weighted by atomic mass is 10.2. The maximum absolute atomic E-state index is 13.5. The number of ether oxygens (including phenoxy) is 1. The Bertz CT molecular complexity index is 1420. The van der Waals surface area contributed by atoms with Crippen LogP contribution >= 0.6 is 11.6 Å². The zero-order chi connectivity index (χ0) is 24.2. The van der Waals surface area contributed by atoms with Gasteiger partial charge in [0.05, 0.1) is 13.2 Å². The summed E-state index contributed by atoms with van der Waals surface area (Å²) in [7, 11) is 0. The van der Waals surface area contributed by atoms with E-state index in [9.17, 15) is 9.59 Å². The van der Waals surface area contributed by atoms with Gasteiger partial charge in [0.2, 0.25) is 0 Å². The summed E-state index contributed by atoms with van der Waals surface area (Å²) in [4.78, 5) is 35.9. The first-order chi connectivity index (χ1) is 16.4. The molecule has 0 saturated heterocycles. The van der Waals surface area contributed by atoms with Crippen LogP contribution in [0.5, 0.6) is 11.8 Å². The Hall–Kier alpha value is -3.40. The molecule has 9 nitrogen and oxygen atoms in total. The second kappa shape index (κ2) is 10.3. The predicted molar refractivity (Wildman–Crippen MR) is 130 cm³/mol. The second-order valence-corrected chi connectivity index (χ2v) is 8.29. The Morgan fingerprint density at radius 3 is 2.44 bits per heavy atom. The van der Waals surface area contributed by atoms with Crippen molar-refractivity contribution in [1.82, 2.24) is 18.7 Å². The molecule has 0 saturated carbocycles. The van der Waals surface area contributed by atoms with Crippen molar-refractivity contribution in [2.75, 3.05) is 6.61 Å². The van der Waals surface area contributed by atoms with Gasteiger partial charge in [-0.1, -0.05) is 41.9 Å². The summed E-state index contributed by atoms with van der Waals surface area (Å²) >= 11 is 6.05. The Morgan fingerprint density at radius 2 is 1.76 bits per heavy atom. The Morgan fingerprint density at radius 1 is 1.03 bits per heavy atom. The number of rotatable bonds is 9. The molecule has 34 heavy (non-hydrogen) atoms. The molecule has 2 aromatic heterocycles. The summed E-state index contributed by atoms with van der Waals surface area (Å²) in [6.45, 7) is 4.80. The number of aryl methyl sites for hydroxylation is 2. The summed E-state index contributed by atoms with van der Waals surface area (Å²) in [5, 5.41) is 0.611. The quantitative estimate of drug-likeness (QED) is 0.288. The summed E-state index contributed by atoms with van der Waals surface area (Å²) in [5.41, 5.74) is 1.50. The van der Waals surface area contributed by atoms with Crippen LogP contribution in [0.4, 0.5) is 0 Å². The molecule has 0 aliphatic carbocycles. The number of para-hydroxylation sites is 1. The van der Waals surface area contributed by atoms with Gasteiger partial charge >= 0.3 is 11.7 Å². The molecule has 0 unspecified atom stereocenters. The van der Waals surface area contributed by atoms with Crippen LogP contribution in [0.15, 0.2) is 58.1 Å². The number of aromatic nitrogens is 4. The number of halogens is 1. The van der Waals surface area contributed by atoms with E-state index in [2.05, 4.69) is 9.82 Å². The van der Waals surface area contributed by atoms with Gasteiger partial charge < -0.3 is 9.57 Å². The number of benzene rings is 2. The van der Waals surface area contributed by atoms with Crippen molar-refractivity contribution in [3.05, 3.63) is 85.5 Å². The normalized spacial score (nSPS) is 11.3. The number of imidazole rings is 1. The molecule has 4 rings (SSSR count). The van der Waals surface area contributed by atoms with Crippen LogP contribution in [0.2, 0.25) is 5.02 Å². The molecule has 0 radical (unpaired) electrons. The van der Waals surface area contributed by atoms with E-state index in [0.29, 0.717) is 30.3 Å². The van der Waals surface area contributed by atoms with E-state index in [-0.39, 0.29) is 30.3 Å². The first kappa shape index (κ1) is 23.7. The first-order valence-electron chi connectivity index (χ1n) is 11.0. The van der Waals surface area contributed by atoms with Crippen LogP contribution in [0, 0.1) is 6.92 Å². The standard InChI is InChI=1S/C24H26ClN5O4/c1-3-28-21-20(22(31)29(24(28)32)13-6-14-33-26)30(15-17-9-11-18(25)12-10-17)23(27-21)34-19-8-5-4-7-16(19)2/h4-5,7-12H,3,6,13-15,26H2,1-2H3. The number of nitrogens with zero attached hydrogens (tertiary/aromatic N) is 4. The maximum Gasteiger partial charge on any atom is 0.332 e. The molecule has 2 heterocycles. The van der Waals surface area contributed by atoms with E-state index in [0.717, 1.165) is 11.1 Å². The van der Waals surface area contributed by atoms with Gasteiger partial charge in [-0.15, -0.1) is 0 Å². The molecule has 0 fully saturated rings. The molecular weight excluding hydrogens is 458 g/mol. The van der Waals surface area contributed by atoms with Crippen molar-refractivity contribution in [3.8, 4) is 11.8 Å². The van der Waals surface area contributed by atoms with Crippen molar-refractivity contribution < 1.29 is 9.57 Å². The van der Waals surface area contributed by atoms with Gasteiger partial charge in [-0.2, -0.15) is 4.98 Å². The molecule has 0 aliphatic rings. The van der Waals surface area contributed by atoms with E-state index in [4.69, 9.17) is 22.2 Å². The van der Waals surface area contributed by atoms with Gasteiger partial charge in [-0.05, 0) is 49.6 Å². The van der Waals surface area contributed by atoms with Gasteiger partial charge in [0.25, 0.3) is 5.56 Å². The summed E-state index contributed by atoms with van der Waals surface area (Å²) < 4.78 is 10.6. The SMILES string of the molecule is CCn1c(=O)n(CCCON)c(=O)c2c1nc(Oc1ccccc1C)n2Cc1ccc(Cl)cc1. The molecule has 178 valence electrons. The third-order valence-corrected chi connectivity index (χ3v) is 5.84. The van der Waals surface area contributed by atoms with Gasteiger partial charge in [0.15, 0.2) is 11.2 Å². The molecule has 0 atom stereocenters. The van der Waals surface area contributed by atoms with Crippen molar-refractivity contribution in [2.24, 2.45) is 5.90 Å². The molecule has 2 N–H and O–H groups in total. The zero-order valence-electron chi connectivity index (χ0n) is 19.0. The van der Waals surface area contributed by atoms with E-state index < -0.39 is 11.2 Å². The fourth-order valence-corrected chi connectivity index (χ4v) is 3.95. The largest absolute Gasteiger partial charge is 0.425 e. The lowest BCUT2D eigenvalue weighted by Crippen LogP contribution is -2.40. The Balaban J connectivity index is 1.94. The molecule has 0 amide bonds. The topological polar surface area (TPSA) is 106 Å². The number of fused-ring (bicyclic) bond motifs is 1. The molecule has 2 aromatic carbocycles. The Kier molecular flexibility index (Phi) is 7.16. The highest BCUT2D eigenvalue weighted by Gasteiger charge is 2.23. The average Bonchev–Trinajstić information content (AvgIpc) is 3.17. The third-order valence-electron chi connectivity index (χ3n) is 5.59. The van der Waals surface area contributed by atoms with Crippen molar-refractivity contribution in [3.63, 3.8) is 0 Å². The van der Waals surface area contributed by atoms with Crippen LogP contribution in [0.25, 0.3) is 11.2 Å². The minimum Gasteiger partial charge on any atom is -0.425 e. The highest BCUT2D eigenvalue weighted by molar-refractivity contribution is 6.30. The number of hydrogen-bond donors (Lipinski definition) is 1. The third kappa shape index (κ3) is 4.63. The van der Waals surface area contributed by atoms with Gasteiger partial charge in [-0.25, -0.2) is 10.7 Å². The van der Waals surface area contributed by atoms with E-state index >= 15 is 0 Å². The fraction of sp³-hybridized carbons (Fsp3) is 0.292. The monoisotopic (exact) mass is 483 g/mol. The molecule has 10 heteroatoms. The number of nitrogens with two attached hydrogens (primary N) is 1. The first-order valence-corrected chi connectivity index (χ1v) is 11.4. The minimum absolute atomic E-state index is 0.172. The average molecular weight is 484 g/mol. The van der Waals surface area contributed by atoms with E-state index in [1.807, 2.05) is 50.2 Å². The van der Waals surface area contributed by atoms with Crippen LogP contribution in [0.3, 0.4) is 0 Å². The highest BCUT2D eigenvalue weighted by Crippen LogP contribution is 2.27. The lowest BCUT2D eigenvalue weighted by molar-refractivity contribution is 0.131. The summed E-state index contributed by atoms with van der Waals surface area (Å²) in [5.74, 6) is 5.73. The molecular formula is C24H26ClN5O4. The minimum atomic E-state index is -0.442.